The zero-order chi connectivity index (χ0) is 15.1. The van der Waals surface area contributed by atoms with Gasteiger partial charge in [0.25, 0.3) is 0 Å². The highest BCUT2D eigenvalue weighted by atomic mass is 16.7. The molecule has 0 radical (unpaired) electrons. The van der Waals surface area contributed by atoms with E-state index in [0.717, 1.165) is 12.0 Å². The molecule has 1 amide bonds. The van der Waals surface area contributed by atoms with E-state index in [-0.39, 0.29) is 13.2 Å². The van der Waals surface area contributed by atoms with Crippen LogP contribution < -0.4 is 0 Å². The van der Waals surface area contributed by atoms with Crippen LogP contribution >= 0.6 is 0 Å². The van der Waals surface area contributed by atoms with Gasteiger partial charge < -0.3 is 14.2 Å². The lowest BCUT2D eigenvalue weighted by Gasteiger charge is -2.23. The van der Waals surface area contributed by atoms with Crippen LogP contribution in [0.4, 0.5) is 9.59 Å². The number of amides is 1. The lowest BCUT2D eigenvalue weighted by atomic mass is 10.2. The topological polar surface area (TPSA) is 65.1 Å². The monoisotopic (exact) mass is 293 g/mol. The number of nitrogens with zero attached hydrogens (tertiary/aromatic N) is 1. The molecule has 6 heteroatoms. The quantitative estimate of drug-likeness (QED) is 0.799. The fourth-order valence-corrected chi connectivity index (χ4v) is 2.13. The molecular formula is C15H19NO5. The molecule has 1 aliphatic rings. The van der Waals surface area contributed by atoms with Gasteiger partial charge in [-0.1, -0.05) is 30.3 Å². The van der Waals surface area contributed by atoms with Crippen LogP contribution in [-0.2, 0) is 20.8 Å². The third kappa shape index (κ3) is 4.37. The van der Waals surface area contributed by atoms with Crippen molar-refractivity contribution >= 4 is 12.2 Å². The molecule has 1 fully saturated rings. The lowest BCUT2D eigenvalue weighted by molar-refractivity contribution is -0.0268. The predicted molar refractivity (Wildman–Crippen MR) is 74.5 cm³/mol. The first-order valence-electron chi connectivity index (χ1n) is 7.01. The van der Waals surface area contributed by atoms with Crippen LogP contribution in [-0.4, -0.2) is 36.5 Å². The van der Waals surface area contributed by atoms with Crippen molar-refractivity contribution in [3.63, 3.8) is 0 Å². The summed E-state index contributed by atoms with van der Waals surface area (Å²) in [6, 6.07) is 9.42. The third-order valence-electron chi connectivity index (χ3n) is 3.13. The number of likely N-dealkylation sites (tertiary alicyclic amines) is 1. The van der Waals surface area contributed by atoms with Gasteiger partial charge in [-0.3, -0.25) is 4.90 Å². The molecule has 1 aromatic carbocycles. The summed E-state index contributed by atoms with van der Waals surface area (Å²) in [7, 11) is 0. The van der Waals surface area contributed by atoms with E-state index in [1.165, 1.54) is 4.90 Å². The second kappa shape index (κ2) is 7.52. The minimum atomic E-state index is -0.759. The van der Waals surface area contributed by atoms with E-state index >= 15 is 0 Å². The summed E-state index contributed by atoms with van der Waals surface area (Å²) in [5.41, 5.74) is 0.910. The molecule has 1 aromatic rings. The Labute approximate surface area is 123 Å². The van der Waals surface area contributed by atoms with E-state index in [1.54, 1.807) is 6.92 Å². The maximum atomic E-state index is 12.0. The molecule has 21 heavy (non-hydrogen) atoms. The van der Waals surface area contributed by atoms with Crippen molar-refractivity contribution in [3.8, 4) is 0 Å². The van der Waals surface area contributed by atoms with Crippen molar-refractivity contribution in [2.45, 2.75) is 32.6 Å². The zero-order valence-corrected chi connectivity index (χ0v) is 12.0. The Balaban J connectivity index is 1.84. The minimum Gasteiger partial charge on any atom is -0.444 e. The Morgan fingerprint density at radius 2 is 2.00 bits per heavy atom. The van der Waals surface area contributed by atoms with Crippen LogP contribution in [0.5, 0.6) is 0 Å². The molecule has 114 valence electrons. The normalized spacial score (nSPS) is 17.4. The summed E-state index contributed by atoms with van der Waals surface area (Å²) in [4.78, 5) is 24.8. The van der Waals surface area contributed by atoms with Gasteiger partial charge in [0.2, 0.25) is 0 Å². The molecule has 0 bridgehead atoms. The first-order valence-corrected chi connectivity index (χ1v) is 7.01. The van der Waals surface area contributed by atoms with Gasteiger partial charge in [0.15, 0.2) is 6.23 Å². The standard InChI is InChI=1S/C15H19NO5/c1-2-19-15(18)21-13-9-6-10-16(13)14(17)20-11-12-7-4-3-5-8-12/h3-5,7-8,13H,2,6,9-11H2,1H3. The van der Waals surface area contributed by atoms with E-state index in [9.17, 15) is 9.59 Å². The van der Waals surface area contributed by atoms with Crippen molar-refractivity contribution in [2.24, 2.45) is 0 Å². The maximum Gasteiger partial charge on any atom is 0.510 e. The molecule has 0 N–H and O–H groups in total. The molecule has 1 unspecified atom stereocenters. The van der Waals surface area contributed by atoms with Gasteiger partial charge in [0, 0.05) is 13.0 Å². The minimum absolute atomic E-state index is 0.197. The molecule has 1 atom stereocenters. The van der Waals surface area contributed by atoms with E-state index in [1.807, 2.05) is 30.3 Å². The van der Waals surface area contributed by atoms with E-state index in [2.05, 4.69) is 0 Å². The first-order chi connectivity index (χ1) is 10.2. The number of hydrogen-bond donors (Lipinski definition) is 0. The average molecular weight is 293 g/mol. The van der Waals surface area contributed by atoms with Crippen LogP contribution in [0.15, 0.2) is 30.3 Å². The predicted octanol–water partition coefficient (Wildman–Crippen LogP) is 2.92. The van der Waals surface area contributed by atoms with Gasteiger partial charge in [-0.15, -0.1) is 0 Å². The van der Waals surface area contributed by atoms with Crippen molar-refractivity contribution in [2.75, 3.05) is 13.2 Å². The number of hydrogen-bond acceptors (Lipinski definition) is 5. The molecular weight excluding hydrogens is 274 g/mol. The van der Waals surface area contributed by atoms with Gasteiger partial charge in [-0.25, -0.2) is 9.59 Å². The largest absolute Gasteiger partial charge is 0.510 e. The highest BCUT2D eigenvalue weighted by molar-refractivity contribution is 5.69. The summed E-state index contributed by atoms with van der Waals surface area (Å²) < 4.78 is 15.1. The van der Waals surface area contributed by atoms with Gasteiger partial charge in [-0.05, 0) is 18.9 Å². The van der Waals surface area contributed by atoms with Gasteiger partial charge >= 0.3 is 12.2 Å². The number of rotatable bonds is 4. The van der Waals surface area contributed by atoms with E-state index in [4.69, 9.17) is 14.2 Å². The molecule has 1 aliphatic heterocycles. The van der Waals surface area contributed by atoms with Crippen molar-refractivity contribution in [3.05, 3.63) is 35.9 Å². The Hall–Kier alpha value is -2.24. The number of carbonyl (C=O) groups excluding carboxylic acids is 2. The molecule has 0 aliphatic carbocycles. The lowest BCUT2D eigenvalue weighted by Crippen LogP contribution is -2.38. The van der Waals surface area contributed by atoms with Crippen LogP contribution in [0.25, 0.3) is 0 Å². The Morgan fingerprint density at radius 1 is 1.24 bits per heavy atom. The summed E-state index contributed by atoms with van der Waals surface area (Å²) in [5, 5.41) is 0. The molecule has 2 rings (SSSR count). The van der Waals surface area contributed by atoms with E-state index in [0.29, 0.717) is 13.0 Å². The summed E-state index contributed by atoms with van der Waals surface area (Å²) in [5.74, 6) is 0. The van der Waals surface area contributed by atoms with Gasteiger partial charge in [0.05, 0.1) is 6.61 Å². The van der Waals surface area contributed by atoms with Crippen LogP contribution in [0.3, 0.4) is 0 Å². The molecule has 0 spiro atoms. The molecule has 1 saturated heterocycles. The molecule has 0 aromatic heterocycles. The smallest absolute Gasteiger partial charge is 0.444 e. The van der Waals surface area contributed by atoms with Gasteiger partial charge in [-0.2, -0.15) is 0 Å². The highest BCUT2D eigenvalue weighted by Crippen LogP contribution is 2.20. The van der Waals surface area contributed by atoms with Crippen molar-refractivity contribution in [1.29, 1.82) is 0 Å². The van der Waals surface area contributed by atoms with Crippen molar-refractivity contribution < 1.29 is 23.8 Å². The average Bonchev–Trinajstić information content (AvgIpc) is 2.94. The van der Waals surface area contributed by atoms with Gasteiger partial charge in [0.1, 0.15) is 6.61 Å². The Kier molecular flexibility index (Phi) is 5.43. The summed E-state index contributed by atoms with van der Waals surface area (Å²) in [6.07, 6.45) is -0.479. The Bertz CT molecular complexity index is 476. The molecule has 6 nitrogen and oxygen atoms in total. The number of benzene rings is 1. The fourth-order valence-electron chi connectivity index (χ4n) is 2.13. The number of carbonyl (C=O) groups is 2. The highest BCUT2D eigenvalue weighted by Gasteiger charge is 2.33. The second-order valence-electron chi connectivity index (χ2n) is 4.63. The third-order valence-corrected chi connectivity index (χ3v) is 3.13. The summed E-state index contributed by atoms with van der Waals surface area (Å²) >= 11 is 0. The molecule has 0 saturated carbocycles. The Morgan fingerprint density at radius 3 is 2.71 bits per heavy atom. The summed E-state index contributed by atoms with van der Waals surface area (Å²) in [6.45, 7) is 2.64. The van der Waals surface area contributed by atoms with Crippen LogP contribution in [0, 0.1) is 0 Å². The second-order valence-corrected chi connectivity index (χ2v) is 4.63. The van der Waals surface area contributed by atoms with E-state index < -0.39 is 18.5 Å². The fraction of sp³-hybridized carbons (Fsp3) is 0.467. The number of ether oxygens (including phenoxy) is 3. The molecule has 1 heterocycles. The zero-order valence-electron chi connectivity index (χ0n) is 12.0. The maximum absolute atomic E-state index is 12.0. The SMILES string of the molecule is CCOC(=O)OC1CCCN1C(=O)OCc1ccccc1. The van der Waals surface area contributed by atoms with Crippen molar-refractivity contribution in [1.82, 2.24) is 4.90 Å². The first kappa shape index (κ1) is 15.2. The van der Waals surface area contributed by atoms with Crippen LogP contribution in [0.1, 0.15) is 25.3 Å². The van der Waals surface area contributed by atoms with Crippen LogP contribution in [0.2, 0.25) is 0 Å².